The van der Waals surface area contributed by atoms with Crippen LogP contribution in [0.2, 0.25) is 0 Å². The minimum Gasteiger partial charge on any atom is -0.376 e. The highest BCUT2D eigenvalue weighted by Gasteiger charge is 2.43. The number of rotatable bonds is 4. The van der Waals surface area contributed by atoms with E-state index in [0.29, 0.717) is 0 Å². The van der Waals surface area contributed by atoms with Gasteiger partial charge in [-0.2, -0.15) is 0 Å². The van der Waals surface area contributed by atoms with Gasteiger partial charge in [-0.15, -0.1) is 0 Å². The Bertz CT molecular complexity index is 543. The molecule has 0 bridgehead atoms. The Labute approximate surface area is 140 Å². The van der Waals surface area contributed by atoms with Crippen LogP contribution in [0.1, 0.15) is 45.1 Å². The number of benzene rings is 1. The number of hydrogen-bond donors (Lipinski definition) is 1. The lowest BCUT2D eigenvalue weighted by Crippen LogP contribution is -3.11. The second kappa shape index (κ2) is 6.74. The Hall–Kier alpha value is -1.19. The molecule has 3 nitrogen and oxygen atoms in total. The molecule has 2 aliphatic rings. The van der Waals surface area contributed by atoms with Crippen LogP contribution in [0.5, 0.6) is 0 Å². The predicted molar refractivity (Wildman–Crippen MR) is 95.8 cm³/mol. The summed E-state index contributed by atoms with van der Waals surface area (Å²) in [7, 11) is 0. The van der Waals surface area contributed by atoms with E-state index in [9.17, 15) is 0 Å². The first-order valence-corrected chi connectivity index (χ1v) is 9.06. The monoisotopic (exact) mass is 315 g/mol. The summed E-state index contributed by atoms with van der Waals surface area (Å²) in [6.07, 6.45) is 7.17. The molecule has 0 saturated carbocycles. The Morgan fingerprint density at radius 3 is 2.52 bits per heavy atom. The van der Waals surface area contributed by atoms with E-state index < -0.39 is 0 Å². The summed E-state index contributed by atoms with van der Waals surface area (Å²) in [5.74, 6) is 0. The zero-order chi connectivity index (χ0) is 16.3. The van der Waals surface area contributed by atoms with Crippen molar-refractivity contribution < 1.29 is 9.64 Å². The second-order valence-electron chi connectivity index (χ2n) is 8.12. The van der Waals surface area contributed by atoms with Crippen molar-refractivity contribution in [3.63, 3.8) is 0 Å². The van der Waals surface area contributed by atoms with Crippen LogP contribution < -0.4 is 4.90 Å². The number of aliphatic imine (C=N–C) groups is 1. The molecule has 0 unspecified atom stereocenters. The van der Waals surface area contributed by atoms with Gasteiger partial charge in [0.1, 0.15) is 0 Å². The van der Waals surface area contributed by atoms with Crippen molar-refractivity contribution in [1.82, 2.24) is 0 Å². The summed E-state index contributed by atoms with van der Waals surface area (Å²) >= 11 is 0. The standard InChI is InChI=1S/C20H30N2O/c1-17-6-8-18(9-7-17)21-15-20(16-22-11-4-5-12-22)10-13-23-19(2,3)14-20/h6-9,15H,4-5,10-14,16H2,1-3H3/p+1/t20-/m0/s1. The molecule has 2 saturated heterocycles. The van der Waals surface area contributed by atoms with Crippen LogP contribution in [0.4, 0.5) is 5.69 Å². The maximum Gasteiger partial charge on any atom is 0.0880 e. The van der Waals surface area contributed by atoms with Gasteiger partial charge < -0.3 is 9.64 Å². The van der Waals surface area contributed by atoms with Crippen molar-refractivity contribution in [1.29, 1.82) is 0 Å². The van der Waals surface area contributed by atoms with E-state index in [-0.39, 0.29) is 11.0 Å². The number of nitrogens with zero attached hydrogens (tertiary/aromatic N) is 1. The quantitative estimate of drug-likeness (QED) is 0.850. The van der Waals surface area contributed by atoms with Gasteiger partial charge >= 0.3 is 0 Å². The molecule has 0 amide bonds. The van der Waals surface area contributed by atoms with Crippen LogP contribution in [-0.4, -0.2) is 38.1 Å². The molecule has 2 aliphatic heterocycles. The van der Waals surface area contributed by atoms with E-state index in [1.165, 1.54) is 38.0 Å². The van der Waals surface area contributed by atoms with E-state index in [4.69, 9.17) is 9.73 Å². The number of aryl methyl sites for hydroxylation is 1. The average Bonchev–Trinajstić information content (AvgIpc) is 2.98. The van der Waals surface area contributed by atoms with Gasteiger partial charge in [0.05, 0.1) is 36.3 Å². The van der Waals surface area contributed by atoms with Gasteiger partial charge in [0.25, 0.3) is 0 Å². The number of likely N-dealkylation sites (tertiary alicyclic amines) is 1. The zero-order valence-electron chi connectivity index (χ0n) is 14.9. The summed E-state index contributed by atoms with van der Waals surface area (Å²) < 4.78 is 5.98. The highest BCUT2D eigenvalue weighted by Crippen LogP contribution is 2.37. The summed E-state index contributed by atoms with van der Waals surface area (Å²) in [6, 6.07) is 8.51. The molecule has 1 aromatic carbocycles. The zero-order valence-corrected chi connectivity index (χ0v) is 14.9. The molecule has 1 atom stereocenters. The molecule has 0 spiro atoms. The molecule has 1 aromatic rings. The fraction of sp³-hybridized carbons (Fsp3) is 0.650. The third-order valence-corrected chi connectivity index (χ3v) is 5.30. The SMILES string of the molecule is Cc1ccc(N=C[C@]2(C[NH+]3CCCC3)CCOC(C)(C)C2)cc1. The van der Waals surface area contributed by atoms with E-state index in [1.54, 1.807) is 4.90 Å². The molecule has 3 heteroatoms. The lowest BCUT2D eigenvalue weighted by Gasteiger charge is -2.43. The van der Waals surface area contributed by atoms with Gasteiger partial charge in [-0.3, -0.25) is 4.99 Å². The lowest BCUT2D eigenvalue weighted by atomic mass is 9.74. The third kappa shape index (κ3) is 4.42. The van der Waals surface area contributed by atoms with Gasteiger partial charge in [-0.05, 0) is 45.7 Å². The van der Waals surface area contributed by atoms with Crippen molar-refractivity contribution in [3.8, 4) is 0 Å². The minimum absolute atomic E-state index is 0.0449. The van der Waals surface area contributed by atoms with Gasteiger partial charge in [-0.1, -0.05) is 17.7 Å². The van der Waals surface area contributed by atoms with Crippen LogP contribution in [0.3, 0.4) is 0 Å². The van der Waals surface area contributed by atoms with E-state index >= 15 is 0 Å². The normalized spacial score (nSPS) is 28.5. The summed E-state index contributed by atoms with van der Waals surface area (Å²) in [5.41, 5.74) is 2.48. The largest absolute Gasteiger partial charge is 0.376 e. The predicted octanol–water partition coefficient (Wildman–Crippen LogP) is 2.95. The van der Waals surface area contributed by atoms with Crippen LogP contribution >= 0.6 is 0 Å². The molecule has 0 aliphatic carbocycles. The van der Waals surface area contributed by atoms with Crippen molar-refractivity contribution in [3.05, 3.63) is 29.8 Å². The van der Waals surface area contributed by atoms with Gasteiger partial charge in [0.15, 0.2) is 0 Å². The minimum atomic E-state index is -0.0449. The molecule has 0 radical (unpaired) electrons. The highest BCUT2D eigenvalue weighted by atomic mass is 16.5. The van der Waals surface area contributed by atoms with Crippen LogP contribution in [0.15, 0.2) is 29.3 Å². The van der Waals surface area contributed by atoms with Crippen molar-refractivity contribution in [2.45, 2.75) is 52.1 Å². The van der Waals surface area contributed by atoms with Crippen LogP contribution in [0.25, 0.3) is 0 Å². The second-order valence-corrected chi connectivity index (χ2v) is 8.12. The maximum absolute atomic E-state index is 5.98. The molecule has 23 heavy (non-hydrogen) atoms. The lowest BCUT2D eigenvalue weighted by molar-refractivity contribution is -0.893. The Balaban J connectivity index is 1.80. The Morgan fingerprint density at radius 2 is 1.87 bits per heavy atom. The van der Waals surface area contributed by atoms with E-state index in [2.05, 4.69) is 51.3 Å². The summed E-state index contributed by atoms with van der Waals surface area (Å²) in [5, 5.41) is 0. The highest BCUT2D eigenvalue weighted by molar-refractivity contribution is 5.70. The smallest absolute Gasteiger partial charge is 0.0880 e. The summed E-state index contributed by atoms with van der Waals surface area (Å²) in [6.45, 7) is 11.3. The number of quaternary nitrogens is 1. The molecular formula is C20H31N2O+. The maximum atomic E-state index is 5.98. The molecule has 2 fully saturated rings. The number of nitrogens with one attached hydrogen (secondary N) is 1. The fourth-order valence-corrected chi connectivity index (χ4v) is 4.22. The number of ether oxygens (including phenoxy) is 1. The number of hydrogen-bond acceptors (Lipinski definition) is 2. The van der Waals surface area contributed by atoms with Crippen LogP contribution in [0, 0.1) is 12.3 Å². The molecular weight excluding hydrogens is 284 g/mol. The molecule has 2 heterocycles. The first-order chi connectivity index (χ1) is 11.0. The third-order valence-electron chi connectivity index (χ3n) is 5.30. The van der Waals surface area contributed by atoms with Crippen molar-refractivity contribution in [2.75, 3.05) is 26.2 Å². The first-order valence-electron chi connectivity index (χ1n) is 9.06. The van der Waals surface area contributed by atoms with E-state index in [1.807, 2.05) is 0 Å². The van der Waals surface area contributed by atoms with Gasteiger partial charge in [0, 0.05) is 25.7 Å². The fourth-order valence-electron chi connectivity index (χ4n) is 4.22. The van der Waals surface area contributed by atoms with Gasteiger partial charge in [0.2, 0.25) is 0 Å². The molecule has 126 valence electrons. The topological polar surface area (TPSA) is 26.0 Å². The first kappa shape index (κ1) is 16.7. The molecule has 0 aromatic heterocycles. The van der Waals surface area contributed by atoms with Crippen molar-refractivity contribution >= 4 is 11.9 Å². The van der Waals surface area contributed by atoms with Gasteiger partial charge in [-0.25, -0.2) is 0 Å². The van der Waals surface area contributed by atoms with E-state index in [0.717, 1.165) is 25.1 Å². The summed E-state index contributed by atoms with van der Waals surface area (Å²) in [4.78, 5) is 6.61. The Morgan fingerprint density at radius 1 is 1.17 bits per heavy atom. The Kier molecular flexibility index (Phi) is 4.88. The van der Waals surface area contributed by atoms with Crippen molar-refractivity contribution in [2.24, 2.45) is 10.4 Å². The average molecular weight is 315 g/mol. The van der Waals surface area contributed by atoms with Crippen LogP contribution in [-0.2, 0) is 4.74 Å². The molecule has 3 rings (SSSR count). The molecule has 1 N–H and O–H groups in total.